The molecular weight excluding hydrogens is 390 g/mol. The first-order chi connectivity index (χ1) is 15.3. The number of para-hydroxylation sites is 1. The summed E-state index contributed by atoms with van der Waals surface area (Å²) >= 11 is 0. The summed E-state index contributed by atoms with van der Waals surface area (Å²) in [7, 11) is 0. The predicted molar refractivity (Wildman–Crippen MR) is 119 cm³/mol. The lowest BCUT2D eigenvalue weighted by atomic mass is 9.90. The Morgan fingerprint density at radius 3 is 2.81 bits per heavy atom. The number of aromatic amines is 1. The minimum Gasteiger partial charge on any atom is -0.454 e. The Balaban J connectivity index is 1.16. The van der Waals surface area contributed by atoms with E-state index in [1.54, 1.807) is 12.4 Å². The maximum absolute atomic E-state index is 12.4. The van der Waals surface area contributed by atoms with Crippen LogP contribution in [0.2, 0.25) is 0 Å². The van der Waals surface area contributed by atoms with Gasteiger partial charge in [0.1, 0.15) is 0 Å². The first-order valence-electron chi connectivity index (χ1n) is 11.0. The molecule has 0 bridgehead atoms. The lowest BCUT2D eigenvalue weighted by Crippen LogP contribution is -2.35. The average molecular weight is 418 g/mol. The van der Waals surface area contributed by atoms with Gasteiger partial charge in [-0.3, -0.25) is 14.7 Å². The van der Waals surface area contributed by atoms with E-state index in [1.165, 1.54) is 5.56 Å². The molecule has 0 atom stereocenters. The number of benzene rings is 1. The van der Waals surface area contributed by atoms with Crippen molar-refractivity contribution in [1.82, 2.24) is 14.9 Å². The van der Waals surface area contributed by atoms with Crippen molar-refractivity contribution in [3.8, 4) is 22.6 Å². The number of aryl methyl sites for hydroxylation is 1. The van der Waals surface area contributed by atoms with Crippen molar-refractivity contribution in [3.05, 3.63) is 76.5 Å². The van der Waals surface area contributed by atoms with Gasteiger partial charge in [0.2, 0.25) is 6.79 Å². The molecule has 1 saturated heterocycles. The third-order valence-corrected chi connectivity index (χ3v) is 6.38. The predicted octanol–water partition coefficient (Wildman–Crippen LogP) is 4.01. The maximum atomic E-state index is 12.4. The second-order valence-corrected chi connectivity index (χ2v) is 8.39. The van der Waals surface area contributed by atoms with Crippen LogP contribution in [0.1, 0.15) is 30.4 Å². The molecule has 2 aliphatic rings. The van der Waals surface area contributed by atoms with Gasteiger partial charge in [0.25, 0.3) is 5.56 Å². The summed E-state index contributed by atoms with van der Waals surface area (Å²) in [4.78, 5) is 21.8. The van der Waals surface area contributed by atoms with Gasteiger partial charge in [-0.25, -0.2) is 0 Å². The number of likely N-dealkylation sites (tertiary alicyclic amines) is 1. The maximum Gasteiger partial charge on any atom is 0.252 e. The number of pyridine rings is 2. The van der Waals surface area contributed by atoms with Crippen LogP contribution in [-0.2, 0) is 13.0 Å². The number of aromatic nitrogens is 2. The summed E-state index contributed by atoms with van der Waals surface area (Å²) in [5.41, 5.74) is 4.07. The molecule has 1 aromatic carbocycles. The fraction of sp³-hybridized carbons (Fsp3) is 0.360. The van der Waals surface area contributed by atoms with Crippen LogP contribution in [0.15, 0.2) is 59.8 Å². The van der Waals surface area contributed by atoms with Gasteiger partial charge in [-0.2, -0.15) is 0 Å². The normalized spacial score (nSPS) is 16.5. The van der Waals surface area contributed by atoms with Crippen molar-refractivity contribution >= 4 is 0 Å². The van der Waals surface area contributed by atoms with Crippen molar-refractivity contribution in [2.24, 2.45) is 5.92 Å². The topological polar surface area (TPSA) is 67.5 Å². The Hall–Kier alpha value is -3.12. The molecule has 0 unspecified atom stereocenters. The third kappa shape index (κ3) is 4.49. The Morgan fingerprint density at radius 2 is 1.97 bits per heavy atom. The minimum atomic E-state index is -0.00471. The van der Waals surface area contributed by atoms with Crippen LogP contribution < -0.4 is 15.0 Å². The number of nitrogens with one attached hydrogen (secondary N) is 1. The van der Waals surface area contributed by atoms with E-state index in [4.69, 9.17) is 9.47 Å². The number of ether oxygens (including phenoxy) is 2. The largest absolute Gasteiger partial charge is 0.454 e. The van der Waals surface area contributed by atoms with E-state index in [0.29, 0.717) is 19.3 Å². The molecular formula is C25H27N3O3. The SMILES string of the molecule is O=c1[nH]cc(-c2cccnc2)cc1CN1CCC(CCc2cccc3c2OCO3)CC1. The number of H-pyrrole nitrogens is 1. The molecule has 3 aromatic rings. The van der Waals surface area contributed by atoms with Crippen LogP contribution in [-0.4, -0.2) is 34.8 Å². The zero-order valence-electron chi connectivity index (χ0n) is 17.5. The van der Waals surface area contributed by atoms with Crippen molar-refractivity contribution < 1.29 is 9.47 Å². The van der Waals surface area contributed by atoms with Crippen LogP contribution in [0, 0.1) is 5.92 Å². The molecule has 0 amide bonds. The van der Waals surface area contributed by atoms with Crippen molar-refractivity contribution in [2.75, 3.05) is 19.9 Å². The summed E-state index contributed by atoms with van der Waals surface area (Å²) in [6, 6.07) is 12.1. The molecule has 0 spiro atoms. The third-order valence-electron chi connectivity index (χ3n) is 6.38. The highest BCUT2D eigenvalue weighted by molar-refractivity contribution is 5.61. The van der Waals surface area contributed by atoms with E-state index < -0.39 is 0 Å². The summed E-state index contributed by atoms with van der Waals surface area (Å²) in [6.07, 6.45) is 9.84. The zero-order chi connectivity index (χ0) is 21.0. The van der Waals surface area contributed by atoms with Crippen molar-refractivity contribution in [3.63, 3.8) is 0 Å². The highest BCUT2D eigenvalue weighted by Gasteiger charge is 2.22. The van der Waals surface area contributed by atoms with E-state index in [2.05, 4.69) is 20.9 Å². The first kappa shape index (κ1) is 19.8. The summed E-state index contributed by atoms with van der Waals surface area (Å²) < 4.78 is 11.1. The van der Waals surface area contributed by atoms with Gasteiger partial charge in [-0.1, -0.05) is 18.2 Å². The van der Waals surface area contributed by atoms with Crippen LogP contribution in [0.4, 0.5) is 0 Å². The quantitative estimate of drug-likeness (QED) is 0.656. The van der Waals surface area contributed by atoms with E-state index >= 15 is 0 Å². The van der Waals surface area contributed by atoms with Gasteiger partial charge in [-0.05, 0) is 74.0 Å². The van der Waals surface area contributed by atoms with Gasteiger partial charge >= 0.3 is 0 Å². The summed E-state index contributed by atoms with van der Waals surface area (Å²) in [5.74, 6) is 2.49. The molecule has 5 rings (SSSR count). The highest BCUT2D eigenvalue weighted by Crippen LogP contribution is 2.36. The fourth-order valence-corrected chi connectivity index (χ4v) is 4.57. The van der Waals surface area contributed by atoms with Crippen LogP contribution in [0.3, 0.4) is 0 Å². The molecule has 2 aliphatic heterocycles. The summed E-state index contributed by atoms with van der Waals surface area (Å²) in [6.45, 7) is 3.06. The Morgan fingerprint density at radius 1 is 1.06 bits per heavy atom. The van der Waals surface area contributed by atoms with Crippen molar-refractivity contribution in [2.45, 2.75) is 32.2 Å². The van der Waals surface area contributed by atoms with E-state index in [0.717, 1.165) is 67.0 Å². The molecule has 6 heteroatoms. The second-order valence-electron chi connectivity index (χ2n) is 8.39. The molecule has 4 heterocycles. The van der Waals surface area contributed by atoms with Gasteiger partial charge in [-0.15, -0.1) is 0 Å². The monoisotopic (exact) mass is 417 g/mol. The molecule has 6 nitrogen and oxygen atoms in total. The number of fused-ring (bicyclic) bond motifs is 1. The molecule has 0 saturated carbocycles. The van der Waals surface area contributed by atoms with Crippen LogP contribution in [0.5, 0.6) is 11.5 Å². The lowest BCUT2D eigenvalue weighted by Gasteiger charge is -2.32. The molecule has 0 radical (unpaired) electrons. The fourth-order valence-electron chi connectivity index (χ4n) is 4.57. The number of piperidine rings is 1. The summed E-state index contributed by atoms with van der Waals surface area (Å²) in [5, 5.41) is 0. The smallest absolute Gasteiger partial charge is 0.252 e. The Labute approximate surface area is 181 Å². The van der Waals surface area contributed by atoms with Gasteiger partial charge < -0.3 is 14.5 Å². The standard InChI is InChI=1S/C25H27N3O3/c29-25-22(13-21(15-27-25)20-4-2-10-26-14-20)16-28-11-8-18(9-12-28)6-7-19-3-1-5-23-24(19)31-17-30-23/h1-5,10,13-15,18H,6-9,11-12,16-17H2,(H,27,29). The number of hydrogen-bond acceptors (Lipinski definition) is 5. The lowest BCUT2D eigenvalue weighted by molar-refractivity contribution is 0.169. The molecule has 1 N–H and O–H groups in total. The average Bonchev–Trinajstić information content (AvgIpc) is 3.30. The van der Waals surface area contributed by atoms with E-state index in [1.807, 2.05) is 36.5 Å². The Bertz CT molecular complexity index is 1090. The van der Waals surface area contributed by atoms with E-state index in [-0.39, 0.29) is 5.56 Å². The Kier molecular flexibility index (Phi) is 5.71. The first-order valence-corrected chi connectivity index (χ1v) is 11.0. The molecule has 0 aliphatic carbocycles. The van der Waals surface area contributed by atoms with Crippen LogP contribution >= 0.6 is 0 Å². The molecule has 2 aromatic heterocycles. The number of rotatable bonds is 6. The van der Waals surface area contributed by atoms with Crippen molar-refractivity contribution in [1.29, 1.82) is 0 Å². The highest BCUT2D eigenvalue weighted by atomic mass is 16.7. The second kappa shape index (κ2) is 8.94. The number of nitrogens with zero attached hydrogens (tertiary/aromatic N) is 2. The number of hydrogen-bond donors (Lipinski definition) is 1. The van der Waals surface area contributed by atoms with Gasteiger partial charge in [0, 0.05) is 36.3 Å². The molecule has 1 fully saturated rings. The van der Waals surface area contributed by atoms with Crippen LogP contribution in [0.25, 0.3) is 11.1 Å². The van der Waals surface area contributed by atoms with Gasteiger partial charge in [0.05, 0.1) is 0 Å². The minimum absolute atomic E-state index is 0.00471. The van der Waals surface area contributed by atoms with E-state index in [9.17, 15) is 4.79 Å². The molecule has 31 heavy (non-hydrogen) atoms. The molecule has 160 valence electrons. The van der Waals surface area contributed by atoms with Gasteiger partial charge in [0.15, 0.2) is 11.5 Å². The zero-order valence-corrected chi connectivity index (χ0v) is 17.5.